The minimum atomic E-state index is -0.408. The molecule has 4 rings (SSSR count). The standard InChI is InChI=1S/C22H22ClN3O3/c23-16-4-5-20-18(11-16)19(12-21(27)29-20)25-17-6-8-26(9-7-17)13-14-2-1-3-15(10-14)22(24)28/h1-5,10-12,17,25H,6-9,13H2,(H2,24,28). The number of piperidine rings is 1. The number of nitrogens with two attached hydrogens (primary N) is 1. The summed E-state index contributed by atoms with van der Waals surface area (Å²) >= 11 is 6.12. The molecule has 29 heavy (non-hydrogen) atoms. The van der Waals surface area contributed by atoms with Crippen LogP contribution in [0.5, 0.6) is 0 Å². The molecular formula is C22H22ClN3O3. The van der Waals surface area contributed by atoms with Gasteiger partial charge in [0.15, 0.2) is 0 Å². The molecule has 0 atom stereocenters. The fraction of sp³-hybridized carbons (Fsp3) is 0.273. The van der Waals surface area contributed by atoms with Gasteiger partial charge in [-0.2, -0.15) is 0 Å². The summed E-state index contributed by atoms with van der Waals surface area (Å²) < 4.78 is 5.26. The quantitative estimate of drug-likeness (QED) is 0.626. The highest BCUT2D eigenvalue weighted by Crippen LogP contribution is 2.27. The molecule has 1 fully saturated rings. The Morgan fingerprint density at radius 2 is 1.97 bits per heavy atom. The predicted octanol–water partition coefficient (Wildman–Crippen LogP) is 3.62. The van der Waals surface area contributed by atoms with Gasteiger partial charge in [0.1, 0.15) is 5.58 Å². The topological polar surface area (TPSA) is 88.6 Å². The van der Waals surface area contributed by atoms with Crippen LogP contribution >= 0.6 is 11.6 Å². The van der Waals surface area contributed by atoms with Crippen LogP contribution < -0.4 is 16.7 Å². The second kappa shape index (κ2) is 8.27. The van der Waals surface area contributed by atoms with E-state index < -0.39 is 5.91 Å². The first-order valence-electron chi connectivity index (χ1n) is 9.59. The Hall–Kier alpha value is -2.83. The smallest absolute Gasteiger partial charge is 0.338 e. The van der Waals surface area contributed by atoms with Gasteiger partial charge in [0.05, 0.1) is 5.69 Å². The molecule has 0 radical (unpaired) electrons. The lowest BCUT2D eigenvalue weighted by molar-refractivity contribution is 0.1000. The molecule has 0 aliphatic carbocycles. The van der Waals surface area contributed by atoms with Crippen LogP contribution in [0, 0.1) is 0 Å². The van der Waals surface area contributed by atoms with Crippen LogP contribution in [0.3, 0.4) is 0 Å². The minimum Gasteiger partial charge on any atom is -0.423 e. The van der Waals surface area contributed by atoms with Crippen LogP contribution in [0.4, 0.5) is 5.69 Å². The molecule has 2 heterocycles. The van der Waals surface area contributed by atoms with E-state index in [0.29, 0.717) is 16.2 Å². The maximum atomic E-state index is 11.9. The number of benzene rings is 2. The molecule has 2 aromatic carbocycles. The van der Waals surface area contributed by atoms with E-state index in [1.165, 1.54) is 6.07 Å². The molecule has 0 spiro atoms. The molecule has 7 heteroatoms. The summed E-state index contributed by atoms with van der Waals surface area (Å²) in [7, 11) is 0. The van der Waals surface area contributed by atoms with Gasteiger partial charge in [-0.05, 0) is 48.7 Å². The molecule has 0 bridgehead atoms. The van der Waals surface area contributed by atoms with Crippen molar-refractivity contribution in [3.8, 4) is 0 Å². The molecule has 3 aromatic rings. The van der Waals surface area contributed by atoms with E-state index in [1.807, 2.05) is 24.3 Å². The number of carbonyl (C=O) groups is 1. The minimum absolute atomic E-state index is 0.257. The van der Waals surface area contributed by atoms with Crippen molar-refractivity contribution >= 4 is 34.2 Å². The number of nitrogens with one attached hydrogen (secondary N) is 1. The Kier molecular flexibility index (Phi) is 5.56. The van der Waals surface area contributed by atoms with E-state index in [0.717, 1.165) is 49.1 Å². The molecule has 150 valence electrons. The largest absolute Gasteiger partial charge is 0.423 e. The predicted molar refractivity (Wildman–Crippen MR) is 114 cm³/mol. The fourth-order valence-electron chi connectivity index (χ4n) is 3.79. The second-order valence-corrected chi connectivity index (χ2v) is 7.82. The van der Waals surface area contributed by atoms with Crippen molar-refractivity contribution < 1.29 is 9.21 Å². The molecule has 1 aromatic heterocycles. The van der Waals surface area contributed by atoms with Gasteiger partial charge in [0.2, 0.25) is 5.91 Å². The van der Waals surface area contributed by atoms with Crippen molar-refractivity contribution in [2.75, 3.05) is 18.4 Å². The Morgan fingerprint density at radius 3 is 2.72 bits per heavy atom. The van der Waals surface area contributed by atoms with Gasteiger partial charge in [-0.3, -0.25) is 9.69 Å². The van der Waals surface area contributed by atoms with Crippen LogP contribution in [-0.4, -0.2) is 29.9 Å². The molecule has 0 unspecified atom stereocenters. The molecule has 0 saturated carbocycles. The molecule has 1 aliphatic rings. The SMILES string of the molecule is NC(=O)c1cccc(CN2CCC(Nc3cc(=O)oc4ccc(Cl)cc34)CC2)c1. The zero-order chi connectivity index (χ0) is 20.4. The van der Waals surface area contributed by atoms with Gasteiger partial charge in [0.25, 0.3) is 0 Å². The maximum Gasteiger partial charge on any atom is 0.338 e. The van der Waals surface area contributed by atoms with E-state index in [4.69, 9.17) is 21.8 Å². The average Bonchev–Trinajstić information content (AvgIpc) is 2.70. The monoisotopic (exact) mass is 411 g/mol. The lowest BCUT2D eigenvalue weighted by atomic mass is 10.0. The van der Waals surface area contributed by atoms with Gasteiger partial charge in [-0.1, -0.05) is 23.7 Å². The third-order valence-corrected chi connectivity index (χ3v) is 5.50. The average molecular weight is 412 g/mol. The summed E-state index contributed by atoms with van der Waals surface area (Å²) in [6.45, 7) is 2.61. The molecule has 6 nitrogen and oxygen atoms in total. The normalized spacial score (nSPS) is 15.5. The van der Waals surface area contributed by atoms with E-state index in [-0.39, 0.29) is 11.7 Å². The number of nitrogens with zero attached hydrogens (tertiary/aromatic N) is 1. The van der Waals surface area contributed by atoms with Gasteiger partial charge < -0.3 is 15.5 Å². The lowest BCUT2D eigenvalue weighted by Gasteiger charge is -2.33. The summed E-state index contributed by atoms with van der Waals surface area (Å²) in [5.74, 6) is -0.408. The third-order valence-electron chi connectivity index (χ3n) is 5.27. The number of hydrogen-bond donors (Lipinski definition) is 2. The van der Waals surface area contributed by atoms with E-state index in [2.05, 4.69) is 10.2 Å². The lowest BCUT2D eigenvalue weighted by Crippen LogP contribution is -2.38. The second-order valence-electron chi connectivity index (χ2n) is 7.38. The highest BCUT2D eigenvalue weighted by Gasteiger charge is 2.20. The zero-order valence-electron chi connectivity index (χ0n) is 15.9. The Balaban J connectivity index is 1.41. The Morgan fingerprint density at radius 1 is 1.17 bits per heavy atom. The number of fused-ring (bicyclic) bond motifs is 1. The van der Waals surface area contributed by atoms with Gasteiger partial charge in [0, 0.05) is 47.7 Å². The molecule has 1 aliphatic heterocycles. The Labute approximate surface area is 173 Å². The van der Waals surface area contributed by atoms with E-state index in [9.17, 15) is 9.59 Å². The molecular weight excluding hydrogens is 390 g/mol. The van der Waals surface area contributed by atoms with Gasteiger partial charge in [-0.25, -0.2) is 4.79 Å². The van der Waals surface area contributed by atoms with E-state index >= 15 is 0 Å². The van der Waals surface area contributed by atoms with Gasteiger partial charge in [-0.15, -0.1) is 0 Å². The number of hydrogen-bond acceptors (Lipinski definition) is 5. The summed E-state index contributed by atoms with van der Waals surface area (Å²) in [5.41, 5.74) is 7.88. The highest BCUT2D eigenvalue weighted by molar-refractivity contribution is 6.31. The summed E-state index contributed by atoms with van der Waals surface area (Å²) in [6.07, 6.45) is 1.88. The third kappa shape index (κ3) is 4.60. The van der Waals surface area contributed by atoms with Crippen molar-refractivity contribution in [2.45, 2.75) is 25.4 Å². The molecule has 1 amide bonds. The first kappa shape index (κ1) is 19.5. The number of carbonyl (C=O) groups excluding carboxylic acids is 1. The first-order valence-corrected chi connectivity index (χ1v) is 9.97. The maximum absolute atomic E-state index is 11.9. The molecule has 3 N–H and O–H groups in total. The summed E-state index contributed by atoms with van der Waals surface area (Å²) in [4.78, 5) is 25.6. The number of primary amides is 1. The highest BCUT2D eigenvalue weighted by atomic mass is 35.5. The first-order chi connectivity index (χ1) is 14.0. The number of likely N-dealkylation sites (tertiary alicyclic amines) is 1. The zero-order valence-corrected chi connectivity index (χ0v) is 16.6. The van der Waals surface area contributed by atoms with Crippen molar-refractivity contribution in [3.05, 3.63) is 75.1 Å². The van der Waals surface area contributed by atoms with Crippen molar-refractivity contribution in [2.24, 2.45) is 5.73 Å². The van der Waals surface area contributed by atoms with Crippen molar-refractivity contribution in [3.63, 3.8) is 0 Å². The van der Waals surface area contributed by atoms with Gasteiger partial charge >= 0.3 is 5.63 Å². The Bertz CT molecular complexity index is 1100. The number of rotatable bonds is 5. The van der Waals surface area contributed by atoms with Crippen LogP contribution in [0.2, 0.25) is 5.02 Å². The summed E-state index contributed by atoms with van der Waals surface area (Å²) in [6, 6.07) is 14.4. The fourth-order valence-corrected chi connectivity index (χ4v) is 3.96. The van der Waals surface area contributed by atoms with Crippen LogP contribution in [0.15, 0.2) is 57.7 Å². The van der Waals surface area contributed by atoms with Crippen LogP contribution in [-0.2, 0) is 6.54 Å². The number of anilines is 1. The molecule has 1 saturated heterocycles. The van der Waals surface area contributed by atoms with E-state index in [1.54, 1.807) is 18.2 Å². The van der Waals surface area contributed by atoms with Crippen molar-refractivity contribution in [1.82, 2.24) is 4.90 Å². The van der Waals surface area contributed by atoms with Crippen LogP contribution in [0.1, 0.15) is 28.8 Å². The van der Waals surface area contributed by atoms with Crippen molar-refractivity contribution in [1.29, 1.82) is 0 Å². The number of halogens is 1. The summed E-state index contributed by atoms with van der Waals surface area (Å²) in [5, 5.41) is 4.90. The number of amides is 1. The van der Waals surface area contributed by atoms with Crippen LogP contribution in [0.25, 0.3) is 11.0 Å².